The van der Waals surface area contributed by atoms with Crippen molar-refractivity contribution in [2.24, 2.45) is 5.92 Å². The molecule has 2 atom stereocenters. The lowest BCUT2D eigenvalue weighted by Crippen LogP contribution is -2.35. The van der Waals surface area contributed by atoms with Gasteiger partial charge in [-0.3, -0.25) is 4.21 Å². The summed E-state index contributed by atoms with van der Waals surface area (Å²) in [4.78, 5) is -0.212. The van der Waals surface area contributed by atoms with Crippen molar-refractivity contribution >= 4 is 36.8 Å². The van der Waals surface area contributed by atoms with E-state index in [0.717, 1.165) is 6.07 Å². The van der Waals surface area contributed by atoms with Crippen LogP contribution in [0.25, 0.3) is 0 Å². The number of hydrogen-bond acceptors (Lipinski definition) is 4. The van der Waals surface area contributed by atoms with Crippen molar-refractivity contribution in [1.29, 1.82) is 0 Å². The van der Waals surface area contributed by atoms with Crippen molar-refractivity contribution in [1.82, 2.24) is 4.31 Å². The summed E-state index contributed by atoms with van der Waals surface area (Å²) in [6.45, 7) is 2.26. The molecule has 22 heavy (non-hydrogen) atoms. The van der Waals surface area contributed by atoms with Crippen LogP contribution in [-0.2, 0) is 20.8 Å². The first-order chi connectivity index (χ1) is 10.3. The molecule has 0 spiro atoms. The van der Waals surface area contributed by atoms with Crippen LogP contribution in [-0.4, -0.2) is 48.6 Å². The van der Waals surface area contributed by atoms with E-state index >= 15 is 0 Å². The SMILES string of the molecule is COc1cc(Br)c(F)cc1S(=O)(=O)N1CC[S@@](=O)C[C@@H](C)C1. The molecule has 0 N–H and O–H groups in total. The van der Waals surface area contributed by atoms with E-state index in [0.29, 0.717) is 5.75 Å². The van der Waals surface area contributed by atoms with Crippen LogP contribution in [0.5, 0.6) is 5.75 Å². The minimum absolute atomic E-state index is 0.0237. The Kier molecular flexibility index (Phi) is 5.63. The molecule has 9 heteroatoms. The fourth-order valence-corrected chi connectivity index (χ4v) is 5.80. The highest BCUT2D eigenvalue weighted by molar-refractivity contribution is 9.10. The first-order valence-corrected chi connectivity index (χ1v) is 10.4. The Morgan fingerprint density at radius 1 is 1.45 bits per heavy atom. The molecule has 5 nitrogen and oxygen atoms in total. The van der Waals surface area contributed by atoms with Crippen LogP contribution in [0.1, 0.15) is 6.92 Å². The molecule has 1 aliphatic rings. The predicted molar refractivity (Wildman–Crippen MR) is 86.5 cm³/mol. The first kappa shape index (κ1) is 17.8. The molecule has 124 valence electrons. The van der Waals surface area contributed by atoms with Gasteiger partial charge in [0.05, 0.1) is 11.6 Å². The quantitative estimate of drug-likeness (QED) is 0.759. The van der Waals surface area contributed by atoms with Crippen LogP contribution in [0, 0.1) is 11.7 Å². The van der Waals surface area contributed by atoms with E-state index in [1.807, 2.05) is 6.92 Å². The number of benzene rings is 1. The van der Waals surface area contributed by atoms with Crippen LogP contribution in [0.4, 0.5) is 4.39 Å². The maximum atomic E-state index is 13.8. The summed E-state index contributed by atoms with van der Waals surface area (Å²) in [6, 6.07) is 2.24. The number of sulfonamides is 1. The third kappa shape index (κ3) is 3.69. The van der Waals surface area contributed by atoms with Gasteiger partial charge in [-0.05, 0) is 34.0 Å². The Morgan fingerprint density at radius 3 is 2.77 bits per heavy atom. The maximum Gasteiger partial charge on any atom is 0.246 e. The summed E-state index contributed by atoms with van der Waals surface area (Å²) in [7, 11) is -3.61. The van der Waals surface area contributed by atoms with E-state index in [9.17, 15) is 17.0 Å². The Morgan fingerprint density at radius 2 is 2.14 bits per heavy atom. The van der Waals surface area contributed by atoms with Gasteiger partial charge >= 0.3 is 0 Å². The number of nitrogens with zero attached hydrogens (tertiary/aromatic N) is 1. The molecule has 1 heterocycles. The van der Waals surface area contributed by atoms with Crippen LogP contribution in [0.3, 0.4) is 0 Å². The van der Waals surface area contributed by atoms with Crippen LogP contribution in [0.15, 0.2) is 21.5 Å². The molecule has 0 unspecified atom stereocenters. The van der Waals surface area contributed by atoms with E-state index in [-0.39, 0.29) is 39.9 Å². The van der Waals surface area contributed by atoms with Crippen molar-refractivity contribution in [3.8, 4) is 5.75 Å². The summed E-state index contributed by atoms with van der Waals surface area (Å²) >= 11 is 3.01. The van der Waals surface area contributed by atoms with Gasteiger partial charge in [0.25, 0.3) is 0 Å². The topological polar surface area (TPSA) is 63.7 Å². The van der Waals surface area contributed by atoms with Crippen LogP contribution < -0.4 is 4.74 Å². The lowest BCUT2D eigenvalue weighted by molar-refractivity contribution is 0.377. The molecule has 0 saturated carbocycles. The summed E-state index contributed by atoms with van der Waals surface area (Å²) in [6.07, 6.45) is 0. The van der Waals surface area contributed by atoms with Gasteiger partial charge in [-0.25, -0.2) is 12.8 Å². The Bertz CT molecular complexity index is 696. The molecular formula is C13H17BrFNO4S2. The molecule has 1 aromatic rings. The van der Waals surface area contributed by atoms with Crippen molar-refractivity contribution in [2.75, 3.05) is 31.7 Å². The van der Waals surface area contributed by atoms with E-state index < -0.39 is 26.6 Å². The monoisotopic (exact) mass is 413 g/mol. The molecule has 0 aromatic heterocycles. The van der Waals surface area contributed by atoms with Gasteiger partial charge in [-0.1, -0.05) is 6.92 Å². The highest BCUT2D eigenvalue weighted by Crippen LogP contribution is 2.32. The second-order valence-electron chi connectivity index (χ2n) is 5.20. The van der Waals surface area contributed by atoms with Crippen LogP contribution >= 0.6 is 15.9 Å². The molecule has 0 amide bonds. The zero-order valence-electron chi connectivity index (χ0n) is 12.2. The van der Waals surface area contributed by atoms with E-state index in [1.165, 1.54) is 17.5 Å². The summed E-state index contributed by atoms with van der Waals surface area (Å²) in [5, 5.41) is 0. The average molecular weight is 414 g/mol. The molecule has 0 aliphatic carbocycles. The van der Waals surface area contributed by atoms with Gasteiger partial charge in [0, 0.05) is 35.4 Å². The highest BCUT2D eigenvalue weighted by Gasteiger charge is 2.32. The van der Waals surface area contributed by atoms with Crippen molar-refractivity contribution in [2.45, 2.75) is 11.8 Å². The number of halogens is 2. The summed E-state index contributed by atoms with van der Waals surface area (Å²) in [5.74, 6) is 0.129. The predicted octanol–water partition coefficient (Wildman–Crippen LogP) is 1.99. The van der Waals surface area contributed by atoms with E-state index in [4.69, 9.17) is 4.74 Å². The van der Waals surface area contributed by atoms with Gasteiger partial charge in [-0.2, -0.15) is 4.31 Å². The third-order valence-corrected chi connectivity index (χ3v) is 7.45. The normalized spacial score (nSPS) is 24.0. The molecular weight excluding hydrogens is 397 g/mol. The third-order valence-electron chi connectivity index (χ3n) is 3.38. The smallest absolute Gasteiger partial charge is 0.246 e. The van der Waals surface area contributed by atoms with Crippen molar-refractivity contribution < 1.29 is 21.8 Å². The zero-order valence-corrected chi connectivity index (χ0v) is 15.4. The molecule has 1 aliphatic heterocycles. The number of methoxy groups -OCH3 is 1. The molecule has 0 bridgehead atoms. The summed E-state index contributed by atoms with van der Waals surface area (Å²) in [5.41, 5.74) is 0. The van der Waals surface area contributed by atoms with Crippen molar-refractivity contribution in [3.63, 3.8) is 0 Å². The van der Waals surface area contributed by atoms with Crippen LogP contribution in [0.2, 0.25) is 0 Å². The van der Waals surface area contributed by atoms with Gasteiger partial charge in [0.2, 0.25) is 10.0 Å². The first-order valence-electron chi connectivity index (χ1n) is 6.64. The fourth-order valence-electron chi connectivity index (χ4n) is 2.32. The Labute approximate surface area is 140 Å². The number of hydrogen-bond donors (Lipinski definition) is 0. The minimum atomic E-state index is -3.91. The second kappa shape index (κ2) is 6.94. The Balaban J connectivity index is 2.46. The number of rotatable bonds is 3. The Hall–Kier alpha value is -0.510. The molecule has 2 rings (SSSR count). The molecule has 1 aromatic carbocycles. The van der Waals surface area contributed by atoms with Gasteiger partial charge in [-0.15, -0.1) is 0 Å². The molecule has 1 saturated heterocycles. The zero-order chi connectivity index (χ0) is 16.5. The molecule has 0 radical (unpaired) electrons. The van der Waals surface area contributed by atoms with E-state index in [1.54, 1.807) is 0 Å². The maximum absolute atomic E-state index is 13.8. The van der Waals surface area contributed by atoms with Gasteiger partial charge in [0.15, 0.2) is 0 Å². The largest absolute Gasteiger partial charge is 0.495 e. The lowest BCUT2D eigenvalue weighted by Gasteiger charge is -2.23. The van der Waals surface area contributed by atoms with Crippen molar-refractivity contribution in [3.05, 3.63) is 22.4 Å². The van der Waals surface area contributed by atoms with E-state index in [2.05, 4.69) is 15.9 Å². The lowest BCUT2D eigenvalue weighted by atomic mass is 10.2. The highest BCUT2D eigenvalue weighted by atomic mass is 79.9. The summed E-state index contributed by atoms with van der Waals surface area (Å²) < 4.78 is 57.6. The average Bonchev–Trinajstić information content (AvgIpc) is 2.62. The fraction of sp³-hybridized carbons (Fsp3) is 0.538. The minimum Gasteiger partial charge on any atom is -0.495 e. The molecule has 1 fully saturated rings. The second-order valence-corrected chi connectivity index (χ2v) is 9.58. The van der Waals surface area contributed by atoms with Gasteiger partial charge in [0.1, 0.15) is 16.5 Å². The standard InChI is InChI=1S/C13H17BrFNO4S2/c1-9-7-16(3-4-21(17)8-9)22(18,19)13-6-11(15)10(14)5-12(13)20-2/h5-6,9H,3-4,7-8H2,1-2H3/t9-,21+/m0/s1. The van der Waals surface area contributed by atoms with Gasteiger partial charge < -0.3 is 4.74 Å². The number of ether oxygens (including phenoxy) is 1.